The molecule has 1 aromatic carbocycles. The second-order valence-corrected chi connectivity index (χ2v) is 3.94. The quantitative estimate of drug-likeness (QED) is 0.571. The van der Waals surface area contributed by atoms with Crippen LogP contribution in [0, 0.1) is 13.1 Å². The van der Waals surface area contributed by atoms with Gasteiger partial charge in [-0.1, -0.05) is 30.6 Å². The number of para-hydroxylation sites is 1. The summed E-state index contributed by atoms with van der Waals surface area (Å²) in [6, 6.07) is 9.64. The van der Waals surface area contributed by atoms with Crippen LogP contribution in [-0.4, -0.2) is 28.7 Å². The standard InChI is InChI=1S/C8H9N2O3.C8H9O.Y/c1-2-13-8(12)6-10-4-3-9-5-7(10)11;1-2-9-8-6-4-3-5-7-8;/h3-4H,2,6H2,1H3;3-7H,1-2H2;/q2*-1;. The van der Waals surface area contributed by atoms with Crippen molar-refractivity contribution < 1.29 is 47.0 Å². The van der Waals surface area contributed by atoms with Crippen LogP contribution in [0.4, 0.5) is 0 Å². The topological polar surface area (TPSA) is 70.4 Å². The van der Waals surface area contributed by atoms with Crippen LogP contribution in [0.3, 0.4) is 0 Å². The monoisotopic (exact) mass is 391 g/mol. The molecule has 0 N–H and O–H groups in total. The molecule has 0 aliphatic heterocycles. The van der Waals surface area contributed by atoms with Crippen molar-refractivity contribution in [2.75, 3.05) is 13.2 Å². The van der Waals surface area contributed by atoms with Crippen molar-refractivity contribution in [1.29, 1.82) is 0 Å². The van der Waals surface area contributed by atoms with Gasteiger partial charge in [0.05, 0.1) is 6.61 Å². The smallest absolute Gasteiger partial charge is 0.325 e. The Kier molecular flexibility index (Phi) is 12.1. The van der Waals surface area contributed by atoms with Crippen LogP contribution in [0.5, 0.6) is 5.75 Å². The van der Waals surface area contributed by atoms with E-state index in [9.17, 15) is 9.59 Å². The van der Waals surface area contributed by atoms with Gasteiger partial charge in [-0.25, -0.2) is 0 Å². The molecule has 0 unspecified atom stereocenters. The minimum absolute atomic E-state index is 0. The van der Waals surface area contributed by atoms with Gasteiger partial charge in [-0.05, 0) is 25.7 Å². The summed E-state index contributed by atoms with van der Waals surface area (Å²) in [6.45, 7) is 5.97. The van der Waals surface area contributed by atoms with Crippen molar-refractivity contribution >= 4 is 5.97 Å². The molecular weight excluding hydrogens is 373 g/mol. The Hall–Kier alpha value is -1.53. The third-order valence-electron chi connectivity index (χ3n) is 2.36. The maximum absolute atomic E-state index is 11.0. The molecule has 2 aromatic rings. The van der Waals surface area contributed by atoms with Gasteiger partial charge in [0, 0.05) is 32.7 Å². The minimum atomic E-state index is -0.441. The summed E-state index contributed by atoms with van der Waals surface area (Å²) in [5, 5.41) is 0. The summed E-state index contributed by atoms with van der Waals surface area (Å²) >= 11 is 0. The fraction of sp³-hybridized carbons (Fsp3) is 0.250. The number of rotatable bonds is 5. The summed E-state index contributed by atoms with van der Waals surface area (Å²) in [5.41, 5.74) is -0.435. The summed E-state index contributed by atoms with van der Waals surface area (Å²) in [5.74, 6) is 0.441. The molecule has 2 rings (SSSR count). The average molecular weight is 391 g/mol. The summed E-state index contributed by atoms with van der Waals surface area (Å²) < 4.78 is 10.9. The Balaban J connectivity index is 0.000000427. The van der Waals surface area contributed by atoms with E-state index in [1.807, 2.05) is 30.3 Å². The van der Waals surface area contributed by atoms with Gasteiger partial charge in [0.2, 0.25) is 0 Å². The zero-order valence-electron chi connectivity index (χ0n) is 13.0. The van der Waals surface area contributed by atoms with E-state index in [1.165, 1.54) is 17.0 Å². The molecule has 1 heterocycles. The van der Waals surface area contributed by atoms with Gasteiger partial charge >= 0.3 is 5.97 Å². The third kappa shape index (κ3) is 9.26. The van der Waals surface area contributed by atoms with E-state index in [1.54, 1.807) is 6.92 Å². The van der Waals surface area contributed by atoms with Gasteiger partial charge in [-0.2, -0.15) is 0 Å². The third-order valence-corrected chi connectivity index (χ3v) is 2.36. The summed E-state index contributed by atoms with van der Waals surface area (Å²) in [4.78, 5) is 25.4. The van der Waals surface area contributed by atoms with E-state index in [4.69, 9.17) is 4.74 Å². The normalized spacial score (nSPS) is 8.96. The molecule has 0 aliphatic carbocycles. The van der Waals surface area contributed by atoms with Crippen molar-refractivity contribution in [2.45, 2.75) is 13.5 Å². The van der Waals surface area contributed by atoms with Crippen LogP contribution < -0.4 is 10.3 Å². The summed E-state index contributed by atoms with van der Waals surface area (Å²) in [7, 11) is 0. The molecular formula is C16H18N2O4Y-2. The zero-order chi connectivity index (χ0) is 16.2. The fourth-order valence-electron chi connectivity index (χ4n) is 1.44. The molecule has 0 aliphatic rings. The number of aromatic nitrogens is 2. The van der Waals surface area contributed by atoms with Crippen molar-refractivity contribution in [1.82, 2.24) is 9.55 Å². The van der Waals surface area contributed by atoms with Gasteiger partial charge in [-0.3, -0.25) is 9.59 Å². The SMILES string of the molecule is CCOC(=O)Cn1ccn[c-]c1=O.[CH2-]COc1ccccc1.[Y]. The second-order valence-electron chi connectivity index (χ2n) is 3.94. The number of hydrogen-bond acceptors (Lipinski definition) is 5. The van der Waals surface area contributed by atoms with Gasteiger partial charge < -0.3 is 25.9 Å². The fourth-order valence-corrected chi connectivity index (χ4v) is 1.44. The van der Waals surface area contributed by atoms with Crippen molar-refractivity contribution in [3.05, 3.63) is 66.2 Å². The maximum Gasteiger partial charge on any atom is 0.325 e. The molecule has 6 nitrogen and oxygen atoms in total. The Labute approximate surface area is 160 Å². The van der Waals surface area contributed by atoms with Crippen LogP contribution in [0.2, 0.25) is 0 Å². The number of carbonyl (C=O) groups excluding carboxylic acids is 1. The van der Waals surface area contributed by atoms with E-state index in [2.05, 4.69) is 22.8 Å². The molecule has 0 atom stereocenters. The number of esters is 1. The molecule has 0 fully saturated rings. The number of carbonyl (C=O) groups is 1. The van der Waals surface area contributed by atoms with Crippen molar-refractivity contribution in [2.24, 2.45) is 0 Å². The first-order valence-corrected chi connectivity index (χ1v) is 6.73. The van der Waals surface area contributed by atoms with Crippen LogP contribution >= 0.6 is 0 Å². The Bertz CT molecular complexity index is 617. The summed E-state index contributed by atoms with van der Waals surface area (Å²) in [6.07, 6.45) is 5.00. The van der Waals surface area contributed by atoms with Crippen LogP contribution in [0.1, 0.15) is 6.92 Å². The van der Waals surface area contributed by atoms with Crippen molar-refractivity contribution in [3.63, 3.8) is 0 Å². The van der Waals surface area contributed by atoms with E-state index < -0.39 is 11.5 Å². The Morgan fingerprint density at radius 3 is 2.61 bits per heavy atom. The Morgan fingerprint density at radius 2 is 2.04 bits per heavy atom. The van der Waals surface area contributed by atoms with Crippen LogP contribution in [-0.2, 0) is 48.8 Å². The molecule has 1 radical (unpaired) electrons. The number of nitrogens with zero attached hydrogens (tertiary/aromatic N) is 2. The molecule has 0 spiro atoms. The molecule has 7 heteroatoms. The number of ether oxygens (including phenoxy) is 2. The minimum Gasteiger partial charge on any atom is -0.525 e. The molecule has 0 bridgehead atoms. The average Bonchev–Trinajstić information content (AvgIpc) is 2.52. The number of hydrogen-bond donors (Lipinski definition) is 0. The van der Waals surface area contributed by atoms with Crippen LogP contribution in [0.25, 0.3) is 0 Å². The first-order valence-electron chi connectivity index (χ1n) is 6.73. The first kappa shape index (κ1) is 21.5. The van der Waals surface area contributed by atoms with E-state index in [-0.39, 0.29) is 39.3 Å². The predicted molar refractivity (Wildman–Crippen MR) is 81.3 cm³/mol. The van der Waals surface area contributed by atoms with Crippen LogP contribution in [0.15, 0.2) is 47.5 Å². The predicted octanol–water partition coefficient (Wildman–Crippen LogP) is 1.50. The van der Waals surface area contributed by atoms with Gasteiger partial charge in [0.1, 0.15) is 12.3 Å². The zero-order valence-corrected chi connectivity index (χ0v) is 15.8. The largest absolute Gasteiger partial charge is 0.525 e. The molecule has 1 aromatic heterocycles. The molecule has 0 saturated heterocycles. The van der Waals surface area contributed by atoms with Gasteiger partial charge in [0.25, 0.3) is 0 Å². The van der Waals surface area contributed by atoms with E-state index in [0.29, 0.717) is 13.2 Å². The van der Waals surface area contributed by atoms with E-state index in [0.717, 1.165) is 5.75 Å². The Morgan fingerprint density at radius 1 is 1.35 bits per heavy atom. The van der Waals surface area contributed by atoms with E-state index >= 15 is 0 Å². The van der Waals surface area contributed by atoms with Gasteiger partial charge in [-0.15, -0.1) is 6.20 Å². The van der Waals surface area contributed by atoms with Gasteiger partial charge in [0.15, 0.2) is 5.56 Å². The maximum atomic E-state index is 11.0. The molecule has 121 valence electrons. The second kappa shape index (κ2) is 13.0. The first-order chi connectivity index (χ1) is 10.7. The molecule has 23 heavy (non-hydrogen) atoms. The van der Waals surface area contributed by atoms with Crippen molar-refractivity contribution in [3.8, 4) is 5.75 Å². The molecule has 0 saturated carbocycles. The number of benzene rings is 1. The molecule has 0 amide bonds.